The number of ether oxygens (including phenoxy) is 3. The van der Waals surface area contributed by atoms with E-state index in [9.17, 15) is 0 Å². The Kier molecular flexibility index (Phi) is 4.61. The van der Waals surface area contributed by atoms with E-state index in [1.165, 1.54) is 0 Å². The maximum atomic E-state index is 9.10. The van der Waals surface area contributed by atoms with Crippen LogP contribution in [-0.4, -0.2) is 31.0 Å². The van der Waals surface area contributed by atoms with E-state index in [2.05, 4.69) is 0 Å². The Labute approximate surface area is 130 Å². The fraction of sp³-hybridized carbons (Fsp3) is 0.333. The van der Waals surface area contributed by atoms with E-state index in [-0.39, 0.29) is 18.8 Å². The second kappa shape index (κ2) is 6.81. The Balaban J connectivity index is 1.75. The third kappa shape index (κ3) is 3.40. The predicted molar refractivity (Wildman–Crippen MR) is 83.2 cm³/mol. The Morgan fingerprint density at radius 3 is 2.55 bits per heavy atom. The zero-order valence-corrected chi connectivity index (χ0v) is 12.6. The first kappa shape index (κ1) is 14.9. The number of epoxide rings is 1. The van der Waals surface area contributed by atoms with E-state index in [0.717, 1.165) is 22.6 Å². The minimum atomic E-state index is -0.0480. The van der Waals surface area contributed by atoms with Gasteiger partial charge in [0, 0.05) is 12.0 Å². The Hall–Kier alpha value is -2.04. The molecule has 0 radical (unpaired) electrons. The van der Waals surface area contributed by atoms with E-state index >= 15 is 0 Å². The molecule has 22 heavy (non-hydrogen) atoms. The zero-order valence-electron chi connectivity index (χ0n) is 12.6. The van der Waals surface area contributed by atoms with Crippen LogP contribution >= 0.6 is 0 Å². The van der Waals surface area contributed by atoms with Crippen LogP contribution in [0.4, 0.5) is 0 Å². The number of methoxy groups -OCH3 is 1. The molecule has 0 aliphatic carbocycles. The second-order valence-electron chi connectivity index (χ2n) is 5.32. The molecule has 1 N–H and O–H groups in total. The van der Waals surface area contributed by atoms with E-state index < -0.39 is 0 Å². The number of para-hydroxylation sites is 1. The summed E-state index contributed by atoms with van der Waals surface area (Å²) in [5.41, 5.74) is 2.14. The van der Waals surface area contributed by atoms with E-state index in [4.69, 9.17) is 19.3 Å². The number of benzene rings is 2. The maximum absolute atomic E-state index is 9.10. The van der Waals surface area contributed by atoms with Crippen LogP contribution in [0.2, 0.25) is 0 Å². The Morgan fingerprint density at radius 1 is 1.05 bits per heavy atom. The normalized spacial score (nSPS) is 19.7. The highest BCUT2D eigenvalue weighted by Gasteiger charge is 2.38. The molecule has 0 aromatic heterocycles. The minimum absolute atomic E-state index is 0.0480. The third-order valence-corrected chi connectivity index (χ3v) is 3.80. The van der Waals surface area contributed by atoms with Crippen molar-refractivity contribution in [2.45, 2.75) is 25.2 Å². The summed E-state index contributed by atoms with van der Waals surface area (Å²) in [6.07, 6.45) is 0.733. The van der Waals surface area contributed by atoms with Gasteiger partial charge in [-0.15, -0.1) is 0 Å². The number of aliphatic hydroxyl groups is 1. The summed E-state index contributed by atoms with van der Waals surface area (Å²) in [5, 5.41) is 9.10. The van der Waals surface area contributed by atoms with Gasteiger partial charge in [-0.05, 0) is 11.6 Å². The molecule has 0 bridgehead atoms. The first-order valence-electron chi connectivity index (χ1n) is 7.40. The van der Waals surface area contributed by atoms with Crippen LogP contribution in [0.15, 0.2) is 48.5 Å². The number of hydrogen-bond acceptors (Lipinski definition) is 4. The van der Waals surface area contributed by atoms with Crippen LogP contribution in [-0.2, 0) is 17.8 Å². The van der Waals surface area contributed by atoms with Crippen molar-refractivity contribution in [1.82, 2.24) is 0 Å². The van der Waals surface area contributed by atoms with Crippen molar-refractivity contribution in [1.29, 1.82) is 0 Å². The van der Waals surface area contributed by atoms with Crippen LogP contribution in [0, 0.1) is 0 Å². The van der Waals surface area contributed by atoms with Crippen LogP contribution in [0.1, 0.15) is 11.1 Å². The molecular formula is C18H20O4. The molecule has 3 rings (SSSR count). The van der Waals surface area contributed by atoms with Gasteiger partial charge >= 0.3 is 0 Å². The topological polar surface area (TPSA) is 51.2 Å². The molecule has 1 fully saturated rings. The Bertz CT molecular complexity index is 612. The molecule has 2 aromatic carbocycles. The summed E-state index contributed by atoms with van der Waals surface area (Å²) in [6.45, 7) is 0.554. The first-order valence-corrected chi connectivity index (χ1v) is 7.40. The monoisotopic (exact) mass is 300 g/mol. The van der Waals surface area contributed by atoms with Crippen molar-refractivity contribution in [2.24, 2.45) is 0 Å². The van der Waals surface area contributed by atoms with E-state index in [1.54, 1.807) is 7.11 Å². The van der Waals surface area contributed by atoms with Crippen molar-refractivity contribution in [3.05, 3.63) is 59.7 Å². The van der Waals surface area contributed by atoms with Gasteiger partial charge in [-0.3, -0.25) is 0 Å². The first-order chi connectivity index (χ1) is 10.8. The van der Waals surface area contributed by atoms with Gasteiger partial charge in [-0.2, -0.15) is 0 Å². The fourth-order valence-corrected chi connectivity index (χ4v) is 2.51. The summed E-state index contributed by atoms with van der Waals surface area (Å²) < 4.78 is 16.8. The highest BCUT2D eigenvalue weighted by molar-refractivity contribution is 5.47. The fourth-order valence-electron chi connectivity index (χ4n) is 2.51. The van der Waals surface area contributed by atoms with Gasteiger partial charge in [0.1, 0.15) is 12.7 Å². The maximum Gasteiger partial charge on any atom is 0.164 e. The van der Waals surface area contributed by atoms with Gasteiger partial charge in [0.15, 0.2) is 11.5 Å². The molecule has 1 aliphatic rings. The lowest BCUT2D eigenvalue weighted by atomic mass is 10.1. The summed E-state index contributed by atoms with van der Waals surface area (Å²) in [6, 6.07) is 15.9. The molecular weight excluding hydrogens is 280 g/mol. The molecule has 1 heterocycles. The Morgan fingerprint density at radius 2 is 1.86 bits per heavy atom. The third-order valence-electron chi connectivity index (χ3n) is 3.80. The highest BCUT2D eigenvalue weighted by Crippen LogP contribution is 2.36. The lowest BCUT2D eigenvalue weighted by Gasteiger charge is -2.14. The highest BCUT2D eigenvalue weighted by atomic mass is 16.6. The summed E-state index contributed by atoms with van der Waals surface area (Å²) in [5.74, 6) is 1.47. The van der Waals surface area contributed by atoms with Gasteiger partial charge < -0.3 is 19.3 Å². The van der Waals surface area contributed by atoms with E-state index in [0.29, 0.717) is 13.0 Å². The SMILES string of the molecule is COc1cccc(C[C@@H]2O[C@H]2CO)c1OCc1ccccc1. The smallest absolute Gasteiger partial charge is 0.164 e. The molecule has 2 atom stereocenters. The molecule has 116 valence electrons. The number of hydrogen-bond donors (Lipinski definition) is 1. The van der Waals surface area contributed by atoms with Gasteiger partial charge in [0.05, 0.1) is 19.8 Å². The zero-order chi connectivity index (χ0) is 15.4. The van der Waals surface area contributed by atoms with Gasteiger partial charge in [-0.1, -0.05) is 42.5 Å². The molecule has 2 aromatic rings. The average molecular weight is 300 g/mol. The van der Waals surface area contributed by atoms with Gasteiger partial charge in [-0.25, -0.2) is 0 Å². The van der Waals surface area contributed by atoms with Gasteiger partial charge in [0.2, 0.25) is 0 Å². The van der Waals surface area contributed by atoms with Crippen LogP contribution in [0.5, 0.6) is 11.5 Å². The molecule has 4 nitrogen and oxygen atoms in total. The minimum Gasteiger partial charge on any atom is -0.493 e. The lowest BCUT2D eigenvalue weighted by Crippen LogP contribution is -2.06. The molecule has 0 saturated carbocycles. The standard InChI is InChI=1S/C18H20O4/c1-20-15-9-5-8-14(10-16-17(11-19)22-16)18(15)21-12-13-6-3-2-4-7-13/h2-9,16-17,19H,10-12H2,1H3/t16-,17-/m0/s1. The van der Waals surface area contributed by atoms with Crippen molar-refractivity contribution in [3.8, 4) is 11.5 Å². The summed E-state index contributed by atoms with van der Waals surface area (Å²) >= 11 is 0. The lowest BCUT2D eigenvalue weighted by molar-refractivity contribution is 0.242. The van der Waals surface area contributed by atoms with Crippen LogP contribution in [0.3, 0.4) is 0 Å². The van der Waals surface area contributed by atoms with Crippen molar-refractivity contribution >= 4 is 0 Å². The molecule has 0 spiro atoms. The predicted octanol–water partition coefficient (Wildman–Crippen LogP) is 2.58. The molecule has 0 amide bonds. The quantitative estimate of drug-likeness (QED) is 0.799. The van der Waals surface area contributed by atoms with Crippen LogP contribution in [0.25, 0.3) is 0 Å². The van der Waals surface area contributed by atoms with Crippen molar-refractivity contribution in [2.75, 3.05) is 13.7 Å². The number of rotatable bonds is 7. The molecule has 1 saturated heterocycles. The van der Waals surface area contributed by atoms with Crippen molar-refractivity contribution < 1.29 is 19.3 Å². The summed E-state index contributed by atoms with van der Waals surface area (Å²) in [4.78, 5) is 0. The molecule has 4 heteroatoms. The molecule has 1 aliphatic heterocycles. The molecule has 0 unspecified atom stereocenters. The largest absolute Gasteiger partial charge is 0.493 e. The second-order valence-corrected chi connectivity index (χ2v) is 5.32. The van der Waals surface area contributed by atoms with Gasteiger partial charge in [0.25, 0.3) is 0 Å². The van der Waals surface area contributed by atoms with Crippen molar-refractivity contribution in [3.63, 3.8) is 0 Å². The average Bonchev–Trinajstić information content (AvgIpc) is 3.32. The van der Waals surface area contributed by atoms with Crippen LogP contribution < -0.4 is 9.47 Å². The summed E-state index contributed by atoms with van der Waals surface area (Å²) in [7, 11) is 1.64. The van der Waals surface area contributed by atoms with E-state index in [1.807, 2.05) is 48.5 Å². The number of aliphatic hydroxyl groups excluding tert-OH is 1.